The number of hydrogen-bond donors (Lipinski definition) is 2. The van der Waals surface area contributed by atoms with Crippen LogP contribution in [0.25, 0.3) is 11.2 Å². The van der Waals surface area contributed by atoms with Gasteiger partial charge in [0.05, 0.1) is 28.0 Å². The number of carbonyl (C=O) groups is 1. The summed E-state index contributed by atoms with van der Waals surface area (Å²) in [4.78, 5) is 21.5. The zero-order valence-electron chi connectivity index (χ0n) is 23.8. The molecule has 226 valence electrons. The maximum Gasteiger partial charge on any atom is 0.295 e. The number of fused-ring (bicyclic) bond motifs is 1. The molecule has 2 N–H and O–H groups in total. The van der Waals surface area contributed by atoms with Crippen LogP contribution < -0.4 is 10.6 Å². The largest absolute Gasteiger partial charge is 0.368 e. The Morgan fingerprint density at radius 1 is 1.10 bits per heavy atom. The van der Waals surface area contributed by atoms with Gasteiger partial charge in [-0.1, -0.05) is 6.07 Å². The zero-order chi connectivity index (χ0) is 29.8. The molecular formula is C29H35F2N5O5S. The molecule has 2 atom stereocenters. The molecule has 3 aromatic rings. The van der Waals surface area contributed by atoms with Crippen LogP contribution in [0.2, 0.25) is 0 Å². The number of anilines is 3. The van der Waals surface area contributed by atoms with Crippen molar-refractivity contribution >= 4 is 44.1 Å². The number of rotatable bonds is 8. The summed E-state index contributed by atoms with van der Waals surface area (Å²) >= 11 is 0. The van der Waals surface area contributed by atoms with Gasteiger partial charge in [-0.3, -0.25) is 9.36 Å². The summed E-state index contributed by atoms with van der Waals surface area (Å²) in [6.45, 7) is 4.42. The van der Waals surface area contributed by atoms with E-state index < -0.39 is 28.3 Å². The van der Waals surface area contributed by atoms with E-state index in [4.69, 9.17) is 9.47 Å². The molecule has 4 heterocycles. The lowest BCUT2D eigenvalue weighted by atomic mass is 10.0. The molecule has 2 aromatic heterocycles. The third-order valence-electron chi connectivity index (χ3n) is 8.03. The van der Waals surface area contributed by atoms with Gasteiger partial charge in [0.1, 0.15) is 17.6 Å². The van der Waals surface area contributed by atoms with E-state index in [1.165, 1.54) is 10.6 Å². The molecule has 10 nitrogen and oxygen atoms in total. The summed E-state index contributed by atoms with van der Waals surface area (Å²) in [6, 6.07) is 6.54. The highest BCUT2D eigenvalue weighted by Gasteiger charge is 2.34. The zero-order valence-corrected chi connectivity index (χ0v) is 24.6. The van der Waals surface area contributed by atoms with Crippen LogP contribution in [0.15, 0.2) is 29.2 Å². The first-order chi connectivity index (χ1) is 19.9. The summed E-state index contributed by atoms with van der Waals surface area (Å²) in [5, 5.41) is 5.92. The van der Waals surface area contributed by atoms with Crippen LogP contribution in [0.1, 0.15) is 88.9 Å². The van der Waals surface area contributed by atoms with Crippen molar-refractivity contribution in [2.45, 2.75) is 88.0 Å². The van der Waals surface area contributed by atoms with E-state index in [2.05, 4.69) is 20.6 Å². The molecule has 2 saturated heterocycles. The Morgan fingerprint density at radius 2 is 1.88 bits per heavy atom. The Morgan fingerprint density at radius 3 is 2.50 bits per heavy atom. The SMILES string of the molecule is CC1(C)CCC(c2ccc(Nc3cc(NC(=O)C4CC4)nc4c3nc(C(F)F)n4C3CCCCO3)c(S(C)(=O)=O)c2)O1. The van der Waals surface area contributed by atoms with Gasteiger partial charge >= 0.3 is 0 Å². The number of alkyl halides is 2. The smallest absolute Gasteiger partial charge is 0.295 e. The Hall–Kier alpha value is -3.16. The number of ether oxygens (including phenoxy) is 2. The first-order valence-electron chi connectivity index (χ1n) is 14.3. The molecule has 1 aromatic carbocycles. The summed E-state index contributed by atoms with van der Waals surface area (Å²) in [5.74, 6) is -0.673. The third kappa shape index (κ3) is 5.86. The summed E-state index contributed by atoms with van der Waals surface area (Å²) in [7, 11) is -3.72. The number of imidazole rings is 1. The Kier molecular flexibility index (Phi) is 7.47. The number of hydrogen-bond acceptors (Lipinski definition) is 8. The minimum absolute atomic E-state index is 0.0333. The number of pyridine rings is 1. The van der Waals surface area contributed by atoms with E-state index in [0.29, 0.717) is 13.0 Å². The average molecular weight is 604 g/mol. The predicted molar refractivity (Wildman–Crippen MR) is 153 cm³/mol. The number of aromatic nitrogens is 3. The van der Waals surface area contributed by atoms with Crippen LogP contribution in [0.3, 0.4) is 0 Å². The van der Waals surface area contributed by atoms with Crippen molar-refractivity contribution < 1.29 is 31.5 Å². The van der Waals surface area contributed by atoms with Crippen molar-refractivity contribution in [1.82, 2.24) is 14.5 Å². The van der Waals surface area contributed by atoms with Gasteiger partial charge in [-0.05, 0) is 76.5 Å². The number of amides is 1. The van der Waals surface area contributed by atoms with E-state index in [0.717, 1.165) is 50.3 Å². The second-order valence-corrected chi connectivity index (χ2v) is 14.0. The number of benzene rings is 1. The lowest BCUT2D eigenvalue weighted by Gasteiger charge is -2.25. The van der Waals surface area contributed by atoms with Crippen LogP contribution in [0.4, 0.5) is 26.0 Å². The molecule has 1 aliphatic carbocycles. The first kappa shape index (κ1) is 28.9. The number of carbonyl (C=O) groups excluding carboxylic acids is 1. The minimum Gasteiger partial charge on any atom is -0.368 e. The van der Waals surface area contributed by atoms with Crippen LogP contribution in [-0.4, -0.2) is 47.3 Å². The average Bonchev–Trinajstić information content (AvgIpc) is 3.62. The Labute approximate surface area is 243 Å². The van der Waals surface area contributed by atoms with Crippen LogP contribution in [0, 0.1) is 5.92 Å². The van der Waals surface area contributed by atoms with E-state index in [1.807, 2.05) is 13.8 Å². The molecule has 0 radical (unpaired) electrons. The van der Waals surface area contributed by atoms with Gasteiger partial charge in [-0.25, -0.2) is 27.2 Å². The molecule has 0 spiro atoms. The Bertz CT molecular complexity index is 1630. The Balaban J connectivity index is 1.46. The second kappa shape index (κ2) is 10.8. The van der Waals surface area contributed by atoms with Gasteiger partial charge < -0.3 is 20.1 Å². The predicted octanol–water partition coefficient (Wildman–Crippen LogP) is 6.19. The van der Waals surface area contributed by atoms with Crippen LogP contribution in [-0.2, 0) is 24.1 Å². The lowest BCUT2D eigenvalue weighted by Crippen LogP contribution is -2.21. The first-order valence-corrected chi connectivity index (χ1v) is 16.2. The van der Waals surface area contributed by atoms with Crippen molar-refractivity contribution in [2.75, 3.05) is 23.5 Å². The summed E-state index contributed by atoms with van der Waals surface area (Å²) < 4.78 is 67.9. The molecule has 6 rings (SSSR count). The molecule has 13 heteroatoms. The van der Waals surface area contributed by atoms with Gasteiger partial charge in [-0.15, -0.1) is 0 Å². The van der Waals surface area contributed by atoms with Crippen molar-refractivity contribution in [3.63, 3.8) is 0 Å². The monoisotopic (exact) mass is 603 g/mol. The van der Waals surface area contributed by atoms with Crippen LogP contribution in [0.5, 0.6) is 0 Å². The fourth-order valence-electron chi connectivity index (χ4n) is 5.69. The maximum atomic E-state index is 14.3. The van der Waals surface area contributed by atoms with Gasteiger partial charge in [-0.2, -0.15) is 0 Å². The third-order valence-corrected chi connectivity index (χ3v) is 9.17. The maximum absolute atomic E-state index is 14.3. The highest BCUT2D eigenvalue weighted by molar-refractivity contribution is 7.90. The number of sulfone groups is 1. The summed E-state index contributed by atoms with van der Waals surface area (Å²) in [5.41, 5.74) is 1.15. The summed E-state index contributed by atoms with van der Waals surface area (Å²) in [6.07, 6.45) is 2.54. The van der Waals surface area contributed by atoms with Crippen molar-refractivity contribution in [3.05, 3.63) is 35.7 Å². The molecule has 2 unspecified atom stereocenters. The molecule has 0 bridgehead atoms. The molecular weight excluding hydrogens is 568 g/mol. The fourth-order valence-corrected chi connectivity index (χ4v) is 6.56. The van der Waals surface area contributed by atoms with Gasteiger partial charge in [0, 0.05) is 24.8 Å². The lowest BCUT2D eigenvalue weighted by molar-refractivity contribution is -0.117. The fraction of sp³-hybridized carbons (Fsp3) is 0.552. The van der Waals surface area contributed by atoms with Crippen molar-refractivity contribution in [1.29, 1.82) is 0 Å². The van der Waals surface area contributed by atoms with Crippen molar-refractivity contribution in [2.24, 2.45) is 5.92 Å². The van der Waals surface area contributed by atoms with Gasteiger partial charge in [0.25, 0.3) is 6.43 Å². The van der Waals surface area contributed by atoms with E-state index in [1.54, 1.807) is 18.2 Å². The highest BCUT2D eigenvalue weighted by atomic mass is 32.2. The molecule has 1 saturated carbocycles. The molecule has 2 aliphatic heterocycles. The van der Waals surface area contributed by atoms with Gasteiger partial charge in [0.2, 0.25) is 5.91 Å². The van der Waals surface area contributed by atoms with Gasteiger partial charge in [0.15, 0.2) is 21.3 Å². The molecule has 1 amide bonds. The van der Waals surface area contributed by atoms with E-state index in [-0.39, 0.29) is 56.8 Å². The second-order valence-electron chi connectivity index (χ2n) is 12.0. The minimum atomic E-state index is -3.72. The highest BCUT2D eigenvalue weighted by Crippen LogP contribution is 2.42. The van der Waals surface area contributed by atoms with E-state index in [9.17, 15) is 22.0 Å². The molecule has 3 aliphatic rings. The van der Waals surface area contributed by atoms with Crippen LogP contribution >= 0.6 is 0 Å². The number of halogens is 2. The van der Waals surface area contributed by atoms with Crippen molar-refractivity contribution in [3.8, 4) is 0 Å². The standard InChI is InChI=1S/C29H35F2N5O5S/c1-29(2)12-11-20(41-29)17-9-10-18(21(14-17)42(3,38)39)32-19-15-22(34-28(37)16-7-8-16)33-26-24(19)35-27(25(30)31)36(26)23-6-4-5-13-40-23/h9-10,14-16,20,23,25H,4-8,11-13H2,1-3H3,(H2,32,33,34,37). The quantitative estimate of drug-likeness (QED) is 0.312. The number of nitrogens with one attached hydrogen (secondary N) is 2. The number of nitrogens with zero attached hydrogens (tertiary/aromatic N) is 3. The molecule has 42 heavy (non-hydrogen) atoms. The normalized spacial score (nSPS) is 22.5. The molecule has 3 fully saturated rings. The topological polar surface area (TPSA) is 124 Å². The van der Waals surface area contributed by atoms with E-state index >= 15 is 0 Å².